The van der Waals surface area contributed by atoms with Gasteiger partial charge in [0.05, 0.1) is 36.2 Å². The smallest absolute Gasteiger partial charge is 0.239 e. The van der Waals surface area contributed by atoms with Crippen LogP contribution in [0.5, 0.6) is 17.4 Å². The molecule has 0 aliphatic rings. The Morgan fingerprint density at radius 2 is 1.60 bits per heavy atom. The highest BCUT2D eigenvalue weighted by molar-refractivity contribution is 7.89. The van der Waals surface area contributed by atoms with Crippen molar-refractivity contribution in [3.8, 4) is 23.1 Å². The number of nitrogens with zero attached hydrogens (tertiary/aromatic N) is 2. The molecule has 0 saturated heterocycles. The van der Waals surface area contributed by atoms with Crippen molar-refractivity contribution in [2.75, 3.05) is 13.2 Å². The zero-order valence-electron chi connectivity index (χ0n) is 22.1. The minimum atomic E-state index is -3.90. The van der Waals surface area contributed by atoms with Gasteiger partial charge in [-0.2, -0.15) is 0 Å². The molecule has 0 fully saturated rings. The van der Waals surface area contributed by atoms with Crippen molar-refractivity contribution in [3.05, 3.63) is 90.3 Å². The number of carbonyl (C=O) groups excluding carboxylic acids is 1. The maximum Gasteiger partial charge on any atom is 0.239 e. The molecule has 2 heterocycles. The number of benzene rings is 3. The van der Waals surface area contributed by atoms with Crippen LogP contribution in [0, 0.1) is 0 Å². The molecule has 3 aromatic carbocycles. The number of fused-ring (bicyclic) bond motifs is 2. The fourth-order valence-electron chi connectivity index (χ4n) is 4.71. The van der Waals surface area contributed by atoms with Gasteiger partial charge >= 0.3 is 0 Å². The Morgan fingerprint density at radius 3 is 2.30 bits per heavy atom. The first kappa shape index (κ1) is 27.0. The fraction of sp³-hybridized carbons (Fsp3) is 0.200. The zero-order chi connectivity index (χ0) is 28.3. The van der Waals surface area contributed by atoms with Crippen LogP contribution in [0.3, 0.4) is 0 Å². The lowest BCUT2D eigenvalue weighted by molar-refractivity contribution is -0.118. The minimum absolute atomic E-state index is 0.0303. The van der Waals surface area contributed by atoms with Crippen molar-refractivity contribution in [3.63, 3.8) is 0 Å². The lowest BCUT2D eigenvalue weighted by atomic mass is 10.1. The number of carbonyl (C=O) groups is 1. The van der Waals surface area contributed by atoms with Crippen molar-refractivity contribution in [1.82, 2.24) is 14.3 Å². The van der Waals surface area contributed by atoms with Crippen molar-refractivity contribution < 1.29 is 27.8 Å². The summed E-state index contributed by atoms with van der Waals surface area (Å²) in [5, 5.41) is 13.2. The molecule has 0 radical (unpaired) electrons. The molecule has 206 valence electrons. The number of aromatic hydroxyl groups is 1. The Bertz CT molecular complexity index is 1780. The van der Waals surface area contributed by atoms with Crippen LogP contribution >= 0.6 is 0 Å². The van der Waals surface area contributed by atoms with Crippen LogP contribution in [-0.2, 0) is 27.0 Å². The Morgan fingerprint density at radius 1 is 0.900 bits per heavy atom. The van der Waals surface area contributed by atoms with E-state index in [9.17, 15) is 18.3 Å². The van der Waals surface area contributed by atoms with Gasteiger partial charge < -0.3 is 14.6 Å². The summed E-state index contributed by atoms with van der Waals surface area (Å²) in [5.74, 6) is 0.0335. The van der Waals surface area contributed by atoms with E-state index in [1.54, 1.807) is 65.5 Å². The molecule has 2 aromatic heterocycles. The molecule has 1 amide bonds. The summed E-state index contributed by atoms with van der Waals surface area (Å²) in [6, 6.07) is 19.3. The second kappa shape index (κ2) is 11.3. The summed E-state index contributed by atoms with van der Waals surface area (Å²) in [4.78, 5) is 16.8. The van der Waals surface area contributed by atoms with E-state index in [0.29, 0.717) is 52.3 Å². The van der Waals surface area contributed by atoms with Crippen molar-refractivity contribution >= 4 is 37.6 Å². The summed E-state index contributed by atoms with van der Waals surface area (Å²) in [6.45, 7) is 4.55. The second-order valence-corrected chi connectivity index (χ2v) is 10.9. The van der Waals surface area contributed by atoms with E-state index in [-0.39, 0.29) is 18.1 Å². The molecule has 2 N–H and O–H groups in total. The molecule has 0 aliphatic carbocycles. The van der Waals surface area contributed by atoms with Gasteiger partial charge in [0.25, 0.3) is 0 Å². The first-order chi connectivity index (χ1) is 19.3. The number of aromatic nitrogens is 2. The molecule has 5 rings (SSSR count). The van der Waals surface area contributed by atoms with E-state index in [4.69, 9.17) is 9.47 Å². The largest absolute Gasteiger partial charge is 0.494 e. The summed E-state index contributed by atoms with van der Waals surface area (Å²) >= 11 is 0. The monoisotopic (exact) mass is 559 g/mol. The van der Waals surface area contributed by atoms with Crippen LogP contribution in [0.15, 0.2) is 79.1 Å². The van der Waals surface area contributed by atoms with E-state index in [2.05, 4.69) is 9.71 Å². The molecule has 40 heavy (non-hydrogen) atoms. The predicted octanol–water partition coefficient (Wildman–Crippen LogP) is 4.87. The van der Waals surface area contributed by atoms with Gasteiger partial charge in [0.2, 0.25) is 21.8 Å². The third-order valence-corrected chi connectivity index (χ3v) is 7.60. The molecule has 0 unspecified atom stereocenters. The highest BCUT2D eigenvalue weighted by atomic mass is 32.2. The number of pyridine rings is 1. The quantitative estimate of drug-likeness (QED) is 0.251. The van der Waals surface area contributed by atoms with Gasteiger partial charge in [-0.25, -0.2) is 8.42 Å². The predicted molar refractivity (Wildman–Crippen MR) is 153 cm³/mol. The third kappa shape index (κ3) is 5.43. The number of hydrogen-bond donors (Lipinski definition) is 2. The number of rotatable bonds is 10. The number of hydrogen-bond acceptors (Lipinski definition) is 7. The molecule has 9 nitrogen and oxygen atoms in total. The van der Waals surface area contributed by atoms with Gasteiger partial charge in [0, 0.05) is 23.5 Å². The lowest BCUT2D eigenvalue weighted by Crippen LogP contribution is -2.32. The maximum atomic E-state index is 12.6. The molecule has 10 heteroatoms. The standard InChI is InChI=1S/C30H29N3O6S/c1-3-38-28-23-11-8-16-31-27(23)29(39-4-2)26-24(28)18-33(30(26)35)22-14-12-21(13-15-22)19-40(36,37)32-25(34)17-20-9-6-5-7-10-20/h5-16,18,35H,3-4,17,19H2,1-2H3,(H,32,34). The highest BCUT2D eigenvalue weighted by Gasteiger charge is 2.24. The zero-order valence-corrected chi connectivity index (χ0v) is 22.9. The van der Waals surface area contributed by atoms with Gasteiger partial charge in [-0.15, -0.1) is 0 Å². The first-order valence-corrected chi connectivity index (χ1v) is 14.5. The highest BCUT2D eigenvalue weighted by Crippen LogP contribution is 2.47. The van der Waals surface area contributed by atoms with Gasteiger partial charge in [0.15, 0.2) is 5.75 Å². The molecule has 0 spiro atoms. The minimum Gasteiger partial charge on any atom is -0.494 e. The van der Waals surface area contributed by atoms with Crippen LogP contribution in [0.1, 0.15) is 25.0 Å². The molecule has 0 bridgehead atoms. The van der Waals surface area contributed by atoms with E-state index < -0.39 is 15.9 Å². The first-order valence-electron chi connectivity index (χ1n) is 12.9. The molecular weight excluding hydrogens is 530 g/mol. The number of amides is 1. The van der Waals surface area contributed by atoms with E-state index in [1.807, 2.05) is 32.0 Å². The van der Waals surface area contributed by atoms with E-state index in [1.165, 1.54) is 0 Å². The Kier molecular flexibility index (Phi) is 7.61. The lowest BCUT2D eigenvalue weighted by Gasteiger charge is -2.13. The van der Waals surface area contributed by atoms with Crippen molar-refractivity contribution in [2.45, 2.75) is 26.0 Å². The Hall–Kier alpha value is -4.57. The van der Waals surface area contributed by atoms with Crippen molar-refractivity contribution in [1.29, 1.82) is 0 Å². The van der Waals surface area contributed by atoms with E-state index >= 15 is 0 Å². The number of ether oxygens (including phenoxy) is 2. The Labute approximate surface area is 232 Å². The van der Waals surface area contributed by atoms with Crippen molar-refractivity contribution in [2.24, 2.45) is 0 Å². The average Bonchev–Trinajstić information content (AvgIpc) is 3.27. The maximum absolute atomic E-state index is 12.6. The molecule has 0 saturated carbocycles. The second-order valence-electron chi connectivity index (χ2n) is 9.15. The molecular formula is C30H29N3O6S. The topological polar surface area (TPSA) is 120 Å². The summed E-state index contributed by atoms with van der Waals surface area (Å²) in [5.41, 5.74) is 2.40. The SMILES string of the molecule is CCOc1c2cccnc2c(OCC)c2c(O)n(-c3ccc(CS(=O)(=O)NC(=O)Cc4ccccc4)cc3)cc12. The van der Waals surface area contributed by atoms with Gasteiger partial charge in [-0.3, -0.25) is 19.1 Å². The normalized spacial score (nSPS) is 11.6. The summed E-state index contributed by atoms with van der Waals surface area (Å²) in [6.07, 6.45) is 3.40. The number of nitrogens with one attached hydrogen (secondary N) is 1. The van der Waals surface area contributed by atoms with Gasteiger partial charge in [-0.05, 0) is 49.2 Å². The fourth-order valence-corrected chi connectivity index (χ4v) is 5.83. The van der Waals surface area contributed by atoms with Gasteiger partial charge in [-0.1, -0.05) is 42.5 Å². The van der Waals surface area contributed by atoms with E-state index in [0.717, 1.165) is 10.9 Å². The number of sulfonamides is 1. The molecule has 5 aromatic rings. The van der Waals surface area contributed by atoms with Crippen LogP contribution < -0.4 is 14.2 Å². The van der Waals surface area contributed by atoms with Crippen LogP contribution in [-0.4, -0.2) is 42.2 Å². The third-order valence-electron chi connectivity index (χ3n) is 6.34. The molecule has 0 atom stereocenters. The van der Waals surface area contributed by atoms with Gasteiger partial charge in [0.1, 0.15) is 11.3 Å². The summed E-state index contributed by atoms with van der Waals surface area (Å²) in [7, 11) is -3.90. The van der Waals surface area contributed by atoms with Crippen LogP contribution in [0.4, 0.5) is 0 Å². The van der Waals surface area contributed by atoms with Crippen LogP contribution in [0.2, 0.25) is 0 Å². The molecule has 0 aliphatic heterocycles. The average molecular weight is 560 g/mol. The Balaban J connectivity index is 1.45. The summed E-state index contributed by atoms with van der Waals surface area (Å²) < 4.78 is 40.9. The van der Waals surface area contributed by atoms with Crippen LogP contribution in [0.25, 0.3) is 27.4 Å².